The average Bonchev–Trinajstić information content (AvgIpc) is 2.95. The van der Waals surface area contributed by atoms with Crippen LogP contribution in [0.25, 0.3) is 22.2 Å². The molecule has 1 aliphatic rings. The van der Waals surface area contributed by atoms with Crippen LogP contribution in [-0.4, -0.2) is 38.3 Å². The van der Waals surface area contributed by atoms with Gasteiger partial charge in [-0.05, 0) is 26.3 Å². The van der Waals surface area contributed by atoms with E-state index in [1.807, 2.05) is 6.92 Å². The number of nitrogens with one attached hydrogen (secondary N) is 1. The highest BCUT2D eigenvalue weighted by Gasteiger charge is 2.28. The number of furan rings is 1. The molecule has 0 saturated carbocycles. The van der Waals surface area contributed by atoms with Crippen molar-refractivity contribution in [3.63, 3.8) is 0 Å². The van der Waals surface area contributed by atoms with Gasteiger partial charge in [-0.25, -0.2) is 15.0 Å². The maximum absolute atomic E-state index is 9.43. The van der Waals surface area contributed by atoms with E-state index in [9.17, 15) is 5.11 Å². The number of aliphatic hydroxyl groups excluding tert-OH is 1. The molecule has 0 aromatic carbocycles. The zero-order chi connectivity index (χ0) is 17.6. The summed E-state index contributed by atoms with van der Waals surface area (Å²) in [7, 11) is 0. The van der Waals surface area contributed by atoms with Crippen molar-refractivity contribution in [2.45, 2.75) is 51.9 Å². The Morgan fingerprint density at radius 3 is 2.96 bits per heavy atom. The Hall–Kier alpha value is -2.25. The molecule has 25 heavy (non-hydrogen) atoms. The molecule has 0 radical (unpaired) electrons. The maximum Gasteiger partial charge on any atom is 0.229 e. The third kappa shape index (κ3) is 2.83. The van der Waals surface area contributed by atoms with Crippen molar-refractivity contribution in [2.75, 3.05) is 11.9 Å². The zero-order valence-electron chi connectivity index (χ0n) is 14.7. The van der Waals surface area contributed by atoms with E-state index in [1.54, 1.807) is 0 Å². The van der Waals surface area contributed by atoms with E-state index in [0.717, 1.165) is 35.0 Å². The Kier molecular flexibility index (Phi) is 3.85. The predicted octanol–water partition coefficient (Wildman–Crippen LogP) is 2.81. The van der Waals surface area contributed by atoms with Crippen LogP contribution >= 0.6 is 0 Å². The van der Waals surface area contributed by atoms with Gasteiger partial charge >= 0.3 is 0 Å². The number of aromatic nitrogens is 3. The Morgan fingerprint density at radius 1 is 1.36 bits per heavy atom. The molecule has 1 atom stereocenters. The van der Waals surface area contributed by atoms with Gasteiger partial charge in [0, 0.05) is 12.0 Å². The second kappa shape index (κ2) is 5.93. The van der Waals surface area contributed by atoms with Gasteiger partial charge < -0.3 is 19.6 Å². The van der Waals surface area contributed by atoms with Crippen molar-refractivity contribution in [3.05, 3.63) is 23.7 Å². The fourth-order valence-electron chi connectivity index (χ4n) is 3.16. The van der Waals surface area contributed by atoms with Gasteiger partial charge in [0.1, 0.15) is 11.8 Å². The van der Waals surface area contributed by atoms with Gasteiger partial charge in [0.2, 0.25) is 5.71 Å². The fraction of sp³-hybridized carbons (Fsp3) is 0.500. The van der Waals surface area contributed by atoms with E-state index in [1.165, 1.54) is 6.33 Å². The van der Waals surface area contributed by atoms with Crippen LogP contribution < -0.4 is 5.32 Å². The molecule has 1 aliphatic heterocycles. The molecule has 0 fully saturated rings. The van der Waals surface area contributed by atoms with E-state index >= 15 is 0 Å². The molecule has 0 aliphatic carbocycles. The van der Waals surface area contributed by atoms with Crippen molar-refractivity contribution in [2.24, 2.45) is 0 Å². The standard InChI is InChI=1S/C18H22N4O3/c1-4-11(7-23)21-16-15-14(19-9-20-16)12-5-10-8-24-18(2,3)6-13(10)22-17(12)25-15/h5,9,11,23H,4,6-8H2,1-3H3,(H,19,20,21)/t11-/m1/s1. The molecule has 2 N–H and O–H groups in total. The zero-order valence-corrected chi connectivity index (χ0v) is 14.7. The lowest BCUT2D eigenvalue weighted by Gasteiger charge is -2.30. The summed E-state index contributed by atoms with van der Waals surface area (Å²) in [5, 5.41) is 13.5. The SMILES string of the molecule is CC[C@H](CO)Nc1ncnc2c1oc1nc3c(cc12)COC(C)(C)C3. The average molecular weight is 342 g/mol. The number of hydrogen-bond donors (Lipinski definition) is 2. The Morgan fingerprint density at radius 2 is 2.20 bits per heavy atom. The molecule has 4 rings (SSSR count). The number of nitrogens with zero attached hydrogens (tertiary/aromatic N) is 3. The van der Waals surface area contributed by atoms with Crippen LogP contribution in [0.2, 0.25) is 0 Å². The van der Waals surface area contributed by atoms with Crippen molar-refractivity contribution >= 4 is 28.0 Å². The first kappa shape index (κ1) is 16.2. The van der Waals surface area contributed by atoms with Crippen molar-refractivity contribution in [3.8, 4) is 0 Å². The van der Waals surface area contributed by atoms with Crippen LogP contribution in [0.5, 0.6) is 0 Å². The Labute approximate surface area is 145 Å². The lowest BCUT2D eigenvalue weighted by molar-refractivity contribution is -0.0411. The normalized spacial score (nSPS) is 17.6. The van der Waals surface area contributed by atoms with Gasteiger partial charge in [0.15, 0.2) is 11.4 Å². The molecule has 3 aromatic heterocycles. The van der Waals surface area contributed by atoms with Gasteiger partial charge in [0.05, 0.1) is 35.9 Å². The topological polar surface area (TPSA) is 93.3 Å². The summed E-state index contributed by atoms with van der Waals surface area (Å²) >= 11 is 0. The van der Waals surface area contributed by atoms with Crippen LogP contribution in [0.4, 0.5) is 5.82 Å². The highest BCUT2D eigenvalue weighted by molar-refractivity contribution is 6.04. The molecule has 0 bridgehead atoms. The summed E-state index contributed by atoms with van der Waals surface area (Å²) in [4.78, 5) is 13.4. The summed E-state index contributed by atoms with van der Waals surface area (Å²) in [6.45, 7) is 6.70. The third-order valence-electron chi connectivity index (χ3n) is 4.68. The molecule has 132 valence electrons. The summed E-state index contributed by atoms with van der Waals surface area (Å²) in [5.74, 6) is 0.582. The van der Waals surface area contributed by atoms with E-state index in [-0.39, 0.29) is 18.2 Å². The van der Waals surface area contributed by atoms with Crippen molar-refractivity contribution < 1.29 is 14.3 Å². The summed E-state index contributed by atoms with van der Waals surface area (Å²) in [6.07, 6.45) is 3.03. The van der Waals surface area contributed by atoms with E-state index in [4.69, 9.17) is 14.1 Å². The molecule has 0 saturated heterocycles. The monoisotopic (exact) mass is 342 g/mol. The van der Waals surface area contributed by atoms with Gasteiger partial charge in [-0.1, -0.05) is 6.92 Å². The first-order valence-corrected chi connectivity index (χ1v) is 8.58. The van der Waals surface area contributed by atoms with Crippen LogP contribution in [0.15, 0.2) is 16.8 Å². The molecule has 0 amide bonds. The van der Waals surface area contributed by atoms with Gasteiger partial charge in [-0.15, -0.1) is 0 Å². The smallest absolute Gasteiger partial charge is 0.229 e. The number of hydrogen-bond acceptors (Lipinski definition) is 7. The van der Waals surface area contributed by atoms with Crippen molar-refractivity contribution in [1.82, 2.24) is 15.0 Å². The van der Waals surface area contributed by atoms with E-state index in [0.29, 0.717) is 23.7 Å². The fourth-order valence-corrected chi connectivity index (χ4v) is 3.16. The number of ether oxygens (including phenoxy) is 1. The molecule has 3 aromatic rings. The Balaban J connectivity index is 1.84. The van der Waals surface area contributed by atoms with Gasteiger partial charge in [-0.3, -0.25) is 0 Å². The summed E-state index contributed by atoms with van der Waals surface area (Å²) in [6, 6.07) is 1.97. The number of rotatable bonds is 4. The molecule has 4 heterocycles. The van der Waals surface area contributed by atoms with Crippen LogP contribution in [0.1, 0.15) is 38.4 Å². The molecule has 0 spiro atoms. The number of pyridine rings is 1. The van der Waals surface area contributed by atoms with E-state index < -0.39 is 0 Å². The highest BCUT2D eigenvalue weighted by Crippen LogP contribution is 2.34. The van der Waals surface area contributed by atoms with Gasteiger partial charge in [-0.2, -0.15) is 0 Å². The first-order chi connectivity index (χ1) is 12.0. The minimum atomic E-state index is -0.221. The second-order valence-electron chi connectivity index (χ2n) is 7.11. The summed E-state index contributed by atoms with van der Waals surface area (Å²) in [5.41, 5.74) is 3.71. The number of anilines is 1. The predicted molar refractivity (Wildman–Crippen MR) is 94.5 cm³/mol. The highest BCUT2D eigenvalue weighted by atomic mass is 16.5. The first-order valence-electron chi connectivity index (χ1n) is 8.58. The van der Waals surface area contributed by atoms with Crippen LogP contribution in [-0.2, 0) is 17.8 Å². The lowest BCUT2D eigenvalue weighted by Crippen LogP contribution is -2.32. The molecular weight excluding hydrogens is 320 g/mol. The largest absolute Gasteiger partial charge is 0.432 e. The Bertz CT molecular complexity index is 931. The third-order valence-corrected chi connectivity index (χ3v) is 4.68. The van der Waals surface area contributed by atoms with Crippen molar-refractivity contribution in [1.29, 1.82) is 0 Å². The minimum absolute atomic E-state index is 0.0290. The molecule has 7 heteroatoms. The minimum Gasteiger partial charge on any atom is -0.432 e. The van der Waals surface area contributed by atoms with Crippen LogP contribution in [0, 0.1) is 0 Å². The summed E-state index contributed by atoms with van der Waals surface area (Å²) < 4.78 is 11.9. The number of aliphatic hydroxyl groups is 1. The molecule has 7 nitrogen and oxygen atoms in total. The van der Waals surface area contributed by atoms with Gasteiger partial charge in [0.25, 0.3) is 0 Å². The maximum atomic E-state index is 9.43. The van der Waals surface area contributed by atoms with Crippen LogP contribution in [0.3, 0.4) is 0 Å². The number of fused-ring (bicyclic) bond motifs is 4. The van der Waals surface area contributed by atoms with E-state index in [2.05, 4.69) is 35.2 Å². The quantitative estimate of drug-likeness (QED) is 0.753. The second-order valence-corrected chi connectivity index (χ2v) is 7.11. The lowest BCUT2D eigenvalue weighted by atomic mass is 9.95. The molecule has 0 unspecified atom stereocenters. The molecular formula is C18H22N4O3.